The first-order valence-corrected chi connectivity index (χ1v) is 11.2. The number of ketones is 1. The van der Waals surface area contributed by atoms with Gasteiger partial charge in [0.25, 0.3) is 0 Å². The third-order valence-electron chi connectivity index (χ3n) is 4.84. The zero-order chi connectivity index (χ0) is 23.2. The summed E-state index contributed by atoms with van der Waals surface area (Å²) in [5.74, 6) is 0.577. The van der Waals surface area contributed by atoms with Gasteiger partial charge >= 0.3 is 0 Å². The molecular weight excluding hydrogens is 441 g/mol. The van der Waals surface area contributed by atoms with E-state index in [4.69, 9.17) is 16.0 Å². The molecule has 2 aromatic carbocycles. The van der Waals surface area contributed by atoms with Gasteiger partial charge in [-0.2, -0.15) is 0 Å². The van der Waals surface area contributed by atoms with E-state index in [0.29, 0.717) is 45.3 Å². The molecule has 0 aliphatic heterocycles. The van der Waals surface area contributed by atoms with E-state index in [0.717, 1.165) is 6.42 Å². The van der Waals surface area contributed by atoms with E-state index in [1.165, 1.54) is 17.4 Å². The molecule has 2 heterocycles. The fourth-order valence-corrected chi connectivity index (χ4v) is 3.93. The second kappa shape index (κ2) is 10.2. The van der Waals surface area contributed by atoms with Gasteiger partial charge in [-0.15, -0.1) is 11.3 Å². The molecule has 0 aliphatic carbocycles. The number of benzene rings is 2. The Hall–Kier alpha value is -3.83. The first-order chi connectivity index (χ1) is 16.1. The van der Waals surface area contributed by atoms with Gasteiger partial charge in [-0.3, -0.25) is 9.78 Å². The topological polar surface area (TPSA) is 65.7 Å². The van der Waals surface area contributed by atoms with Crippen molar-refractivity contribution in [3.63, 3.8) is 0 Å². The molecule has 166 valence electrons. The molecule has 0 fully saturated rings. The van der Waals surface area contributed by atoms with Crippen LogP contribution in [0.4, 0.5) is 10.1 Å². The number of thiazole rings is 1. The van der Waals surface area contributed by atoms with Gasteiger partial charge in [0, 0.05) is 35.6 Å². The summed E-state index contributed by atoms with van der Waals surface area (Å²) in [7, 11) is 0. The zero-order valence-corrected chi connectivity index (χ0v) is 18.7. The maximum absolute atomic E-state index is 14.7. The van der Waals surface area contributed by atoms with Crippen molar-refractivity contribution in [1.29, 1.82) is 0 Å². The van der Waals surface area contributed by atoms with Crippen LogP contribution in [0.15, 0.2) is 54.2 Å². The van der Waals surface area contributed by atoms with Gasteiger partial charge in [-0.25, -0.2) is 14.2 Å². The minimum Gasteiger partial charge on any atom is -0.505 e. The SMILES string of the molecule is [C-]#[N+]c1cc2c(Oc3ccc(CC(=O)Cc4nccs4)c(F)c3)ccnc2cc1OCCC. The molecule has 4 aromatic rings. The molecule has 0 amide bonds. The fraction of sp³-hybridized carbons (Fsp3) is 0.200. The second-order valence-electron chi connectivity index (χ2n) is 7.28. The maximum atomic E-state index is 14.7. The van der Waals surface area contributed by atoms with E-state index in [-0.39, 0.29) is 24.4 Å². The van der Waals surface area contributed by atoms with E-state index in [9.17, 15) is 9.18 Å². The quantitative estimate of drug-likeness (QED) is 0.273. The number of rotatable bonds is 9. The Labute approximate surface area is 194 Å². The first kappa shape index (κ1) is 22.4. The molecule has 6 nitrogen and oxygen atoms in total. The van der Waals surface area contributed by atoms with E-state index in [1.54, 1.807) is 48.1 Å². The maximum Gasteiger partial charge on any atom is 0.229 e. The van der Waals surface area contributed by atoms with Crippen LogP contribution in [0.3, 0.4) is 0 Å². The highest BCUT2D eigenvalue weighted by Gasteiger charge is 2.14. The Morgan fingerprint density at radius 1 is 1.12 bits per heavy atom. The van der Waals surface area contributed by atoms with Crippen LogP contribution in [0.25, 0.3) is 15.7 Å². The van der Waals surface area contributed by atoms with Crippen LogP contribution in [-0.4, -0.2) is 22.4 Å². The number of hydrogen-bond donors (Lipinski definition) is 0. The monoisotopic (exact) mass is 461 g/mol. The third kappa shape index (κ3) is 5.33. The molecule has 0 saturated carbocycles. The smallest absolute Gasteiger partial charge is 0.229 e. The van der Waals surface area contributed by atoms with Gasteiger partial charge < -0.3 is 9.47 Å². The van der Waals surface area contributed by atoms with Crippen molar-refractivity contribution >= 4 is 33.7 Å². The summed E-state index contributed by atoms with van der Waals surface area (Å²) in [5.41, 5.74) is 1.27. The van der Waals surface area contributed by atoms with E-state index < -0.39 is 5.82 Å². The molecule has 0 radical (unpaired) electrons. The van der Waals surface area contributed by atoms with E-state index >= 15 is 0 Å². The first-order valence-electron chi connectivity index (χ1n) is 10.4. The number of carbonyl (C=O) groups excluding carboxylic acids is 1. The summed E-state index contributed by atoms with van der Waals surface area (Å²) in [5, 5.41) is 3.14. The number of hydrogen-bond acceptors (Lipinski definition) is 6. The van der Waals surface area contributed by atoms with Gasteiger partial charge in [-0.1, -0.05) is 13.0 Å². The Kier molecular flexibility index (Phi) is 6.91. The molecule has 4 rings (SSSR count). The molecule has 0 N–H and O–H groups in total. The number of Topliss-reactive ketones (excluding diaryl/α,β-unsaturated/α-hetero) is 1. The fourth-order valence-electron chi connectivity index (χ4n) is 3.29. The van der Waals surface area contributed by atoms with Crippen molar-refractivity contribution in [3.05, 3.63) is 82.0 Å². The van der Waals surface area contributed by atoms with Crippen molar-refractivity contribution in [3.8, 4) is 17.2 Å². The van der Waals surface area contributed by atoms with Crippen molar-refractivity contribution < 1.29 is 18.7 Å². The van der Waals surface area contributed by atoms with Crippen LogP contribution in [0.5, 0.6) is 17.2 Å². The molecule has 8 heteroatoms. The van der Waals surface area contributed by atoms with Gasteiger partial charge in [-0.05, 0) is 36.2 Å². The number of pyridine rings is 1. The molecule has 2 aromatic heterocycles. The predicted octanol–water partition coefficient (Wildman–Crippen LogP) is 6.32. The summed E-state index contributed by atoms with van der Waals surface area (Å²) in [6.45, 7) is 9.95. The normalized spacial score (nSPS) is 10.7. The van der Waals surface area contributed by atoms with Crippen LogP contribution >= 0.6 is 11.3 Å². The van der Waals surface area contributed by atoms with Crippen molar-refractivity contribution in [1.82, 2.24) is 9.97 Å². The molecule has 0 bridgehead atoms. The lowest BCUT2D eigenvalue weighted by molar-refractivity contribution is -0.117. The molecule has 0 saturated heterocycles. The number of nitrogens with zero attached hydrogens (tertiary/aromatic N) is 3. The average molecular weight is 462 g/mol. The predicted molar refractivity (Wildman–Crippen MR) is 125 cm³/mol. The van der Waals surface area contributed by atoms with Crippen LogP contribution < -0.4 is 9.47 Å². The van der Waals surface area contributed by atoms with Crippen molar-refractivity contribution in [2.45, 2.75) is 26.2 Å². The molecule has 0 atom stereocenters. The summed E-state index contributed by atoms with van der Waals surface area (Å²) in [6, 6.07) is 9.46. The summed E-state index contributed by atoms with van der Waals surface area (Å²) >= 11 is 1.40. The molecule has 0 spiro atoms. The van der Waals surface area contributed by atoms with Gasteiger partial charge in [0.1, 0.15) is 28.8 Å². The molecule has 33 heavy (non-hydrogen) atoms. The summed E-state index contributed by atoms with van der Waals surface area (Å²) in [6.07, 6.45) is 4.22. The van der Waals surface area contributed by atoms with Gasteiger partial charge in [0.05, 0.1) is 30.1 Å². The van der Waals surface area contributed by atoms with E-state index in [2.05, 4.69) is 14.8 Å². The highest BCUT2D eigenvalue weighted by molar-refractivity contribution is 7.09. The van der Waals surface area contributed by atoms with Crippen molar-refractivity contribution in [2.24, 2.45) is 0 Å². The Morgan fingerprint density at radius 3 is 2.73 bits per heavy atom. The van der Waals surface area contributed by atoms with Crippen LogP contribution in [0.1, 0.15) is 23.9 Å². The summed E-state index contributed by atoms with van der Waals surface area (Å²) in [4.78, 5) is 24.2. The lowest BCUT2D eigenvalue weighted by atomic mass is 10.1. The minimum atomic E-state index is -0.518. The second-order valence-corrected chi connectivity index (χ2v) is 8.26. The number of fused-ring (bicyclic) bond motifs is 1. The zero-order valence-electron chi connectivity index (χ0n) is 17.9. The van der Waals surface area contributed by atoms with Gasteiger partial charge in [0.15, 0.2) is 0 Å². The Bertz CT molecular complexity index is 1330. The largest absolute Gasteiger partial charge is 0.505 e. The van der Waals surface area contributed by atoms with Gasteiger partial charge in [0.2, 0.25) is 5.69 Å². The number of carbonyl (C=O) groups is 1. The standard InChI is InChI=1S/C25H20FN3O3S/c1-3-9-31-24-15-21-19(14-22(24)27-2)23(6-7-28-21)32-18-5-4-16(20(26)13-18)11-17(30)12-25-29-8-10-33-25/h4-8,10,13-15H,3,9,11-12H2,1H3. The van der Waals surface area contributed by atoms with Crippen LogP contribution in [-0.2, 0) is 17.6 Å². The van der Waals surface area contributed by atoms with Crippen LogP contribution in [0, 0.1) is 12.4 Å². The molecule has 0 aliphatic rings. The molecular formula is C25H20FN3O3S. The highest BCUT2D eigenvalue weighted by Crippen LogP contribution is 2.37. The number of ether oxygens (including phenoxy) is 2. The Morgan fingerprint density at radius 2 is 2.00 bits per heavy atom. The Balaban J connectivity index is 1.54. The lowest BCUT2D eigenvalue weighted by Crippen LogP contribution is -2.07. The highest BCUT2D eigenvalue weighted by atomic mass is 32.1. The average Bonchev–Trinajstić information content (AvgIpc) is 3.32. The van der Waals surface area contributed by atoms with Crippen molar-refractivity contribution in [2.75, 3.05) is 6.61 Å². The number of aromatic nitrogens is 2. The summed E-state index contributed by atoms with van der Waals surface area (Å²) < 4.78 is 26.3. The van der Waals surface area contributed by atoms with Crippen LogP contribution in [0.2, 0.25) is 0 Å². The number of halogens is 1. The molecule has 0 unspecified atom stereocenters. The van der Waals surface area contributed by atoms with E-state index in [1.807, 2.05) is 6.92 Å². The minimum absolute atomic E-state index is 0.0151. The third-order valence-corrected chi connectivity index (χ3v) is 5.62. The lowest BCUT2D eigenvalue weighted by Gasteiger charge is -2.12.